The first-order valence-corrected chi connectivity index (χ1v) is 9.44. The Labute approximate surface area is 142 Å². The number of hydrogen-bond acceptors (Lipinski definition) is 3. The molecule has 1 heterocycles. The molecular weight excluding hydrogens is 288 g/mol. The SMILES string of the molecule is CCN1CCC(CCNC(=NC)N(C)CCOCC2CC2)CC1. The molecule has 5 nitrogen and oxygen atoms in total. The van der Waals surface area contributed by atoms with Gasteiger partial charge in [0.05, 0.1) is 6.61 Å². The molecule has 2 rings (SSSR count). The molecule has 2 fully saturated rings. The van der Waals surface area contributed by atoms with Crippen LogP contribution in [-0.2, 0) is 4.74 Å². The molecule has 0 amide bonds. The molecule has 23 heavy (non-hydrogen) atoms. The minimum absolute atomic E-state index is 0.795. The fraction of sp³-hybridized carbons (Fsp3) is 0.944. The number of nitrogens with one attached hydrogen (secondary N) is 1. The standard InChI is InChI=1S/C18H36N4O/c1-4-22-11-8-16(9-12-22)7-10-20-18(19-2)21(3)13-14-23-15-17-5-6-17/h16-17H,4-15H2,1-3H3,(H,19,20). The van der Waals surface area contributed by atoms with E-state index in [0.29, 0.717) is 0 Å². The lowest BCUT2D eigenvalue weighted by Crippen LogP contribution is -2.42. The molecule has 1 aliphatic heterocycles. The van der Waals surface area contributed by atoms with Gasteiger partial charge < -0.3 is 19.9 Å². The van der Waals surface area contributed by atoms with E-state index in [1.54, 1.807) is 0 Å². The van der Waals surface area contributed by atoms with Crippen molar-refractivity contribution in [3.05, 3.63) is 0 Å². The zero-order valence-corrected chi connectivity index (χ0v) is 15.4. The summed E-state index contributed by atoms with van der Waals surface area (Å²) in [6.07, 6.45) is 6.66. The van der Waals surface area contributed by atoms with E-state index in [2.05, 4.69) is 34.1 Å². The van der Waals surface area contributed by atoms with Crippen molar-refractivity contribution in [1.82, 2.24) is 15.1 Å². The Morgan fingerprint density at radius 1 is 1.22 bits per heavy atom. The fourth-order valence-electron chi connectivity index (χ4n) is 3.21. The number of ether oxygens (including phenoxy) is 1. The van der Waals surface area contributed by atoms with Gasteiger partial charge in [-0.1, -0.05) is 6.92 Å². The Kier molecular flexibility index (Phi) is 8.17. The van der Waals surface area contributed by atoms with Crippen LogP contribution in [0.2, 0.25) is 0 Å². The first kappa shape index (κ1) is 18.5. The summed E-state index contributed by atoms with van der Waals surface area (Å²) in [5.41, 5.74) is 0. The van der Waals surface area contributed by atoms with Gasteiger partial charge >= 0.3 is 0 Å². The molecule has 5 heteroatoms. The van der Waals surface area contributed by atoms with E-state index in [-0.39, 0.29) is 0 Å². The molecule has 0 aromatic heterocycles. The van der Waals surface area contributed by atoms with Gasteiger partial charge in [-0.2, -0.15) is 0 Å². The molecular formula is C18H36N4O. The zero-order valence-electron chi connectivity index (χ0n) is 15.4. The minimum Gasteiger partial charge on any atom is -0.379 e. The monoisotopic (exact) mass is 324 g/mol. The second-order valence-electron chi connectivity index (χ2n) is 7.08. The van der Waals surface area contributed by atoms with Crippen molar-refractivity contribution >= 4 is 5.96 Å². The maximum atomic E-state index is 5.71. The average molecular weight is 325 g/mol. The first-order chi connectivity index (χ1) is 11.2. The lowest BCUT2D eigenvalue weighted by Gasteiger charge is -2.31. The molecule has 1 saturated carbocycles. The number of likely N-dealkylation sites (tertiary alicyclic amines) is 1. The number of aliphatic imine (C=N–C) groups is 1. The van der Waals surface area contributed by atoms with Crippen molar-refractivity contribution in [2.45, 2.75) is 39.0 Å². The van der Waals surface area contributed by atoms with E-state index in [1.165, 1.54) is 51.7 Å². The van der Waals surface area contributed by atoms with Gasteiger partial charge in [-0.15, -0.1) is 0 Å². The molecule has 1 N–H and O–H groups in total. The van der Waals surface area contributed by atoms with Crippen LogP contribution in [0.25, 0.3) is 0 Å². The summed E-state index contributed by atoms with van der Waals surface area (Å²) in [5.74, 6) is 2.71. The van der Waals surface area contributed by atoms with Crippen LogP contribution in [0.1, 0.15) is 39.0 Å². The summed E-state index contributed by atoms with van der Waals surface area (Å²) in [6.45, 7) is 9.67. The van der Waals surface area contributed by atoms with E-state index in [1.807, 2.05) is 7.05 Å². The Balaban J connectivity index is 1.54. The third-order valence-electron chi connectivity index (χ3n) is 5.18. The van der Waals surface area contributed by atoms with Crippen molar-refractivity contribution < 1.29 is 4.74 Å². The van der Waals surface area contributed by atoms with Crippen molar-refractivity contribution in [1.29, 1.82) is 0 Å². The minimum atomic E-state index is 0.795. The van der Waals surface area contributed by atoms with Crippen molar-refractivity contribution in [3.63, 3.8) is 0 Å². The van der Waals surface area contributed by atoms with Crippen LogP contribution in [0, 0.1) is 11.8 Å². The molecule has 0 aromatic carbocycles. The lowest BCUT2D eigenvalue weighted by molar-refractivity contribution is 0.115. The molecule has 0 radical (unpaired) electrons. The highest BCUT2D eigenvalue weighted by Gasteiger charge is 2.21. The highest BCUT2D eigenvalue weighted by molar-refractivity contribution is 5.79. The topological polar surface area (TPSA) is 40.1 Å². The third kappa shape index (κ3) is 7.08. The lowest BCUT2D eigenvalue weighted by atomic mass is 9.93. The normalized spacial score (nSPS) is 20.7. The molecule has 134 valence electrons. The van der Waals surface area contributed by atoms with Crippen LogP contribution >= 0.6 is 0 Å². The summed E-state index contributed by atoms with van der Waals surface area (Å²) >= 11 is 0. The highest BCUT2D eigenvalue weighted by Crippen LogP contribution is 2.28. The smallest absolute Gasteiger partial charge is 0.193 e. The number of guanidine groups is 1. The number of likely N-dealkylation sites (N-methyl/N-ethyl adjacent to an activating group) is 1. The molecule has 0 aromatic rings. The highest BCUT2D eigenvalue weighted by atomic mass is 16.5. The molecule has 1 aliphatic carbocycles. The van der Waals surface area contributed by atoms with Crippen LogP contribution in [0.3, 0.4) is 0 Å². The van der Waals surface area contributed by atoms with Gasteiger partial charge in [0.15, 0.2) is 5.96 Å². The molecule has 1 saturated heterocycles. The molecule has 0 spiro atoms. The molecule has 0 bridgehead atoms. The van der Waals surface area contributed by atoms with Crippen LogP contribution in [-0.4, -0.2) is 75.8 Å². The molecule has 2 aliphatic rings. The Bertz CT molecular complexity index is 349. The second-order valence-corrected chi connectivity index (χ2v) is 7.08. The summed E-state index contributed by atoms with van der Waals surface area (Å²) in [7, 11) is 3.96. The maximum Gasteiger partial charge on any atom is 0.193 e. The van der Waals surface area contributed by atoms with Gasteiger partial charge in [-0.25, -0.2) is 0 Å². The van der Waals surface area contributed by atoms with Gasteiger partial charge in [0, 0.05) is 33.8 Å². The number of rotatable bonds is 9. The number of nitrogens with zero attached hydrogens (tertiary/aromatic N) is 3. The van der Waals surface area contributed by atoms with Crippen LogP contribution < -0.4 is 5.32 Å². The first-order valence-electron chi connectivity index (χ1n) is 9.44. The maximum absolute atomic E-state index is 5.71. The van der Waals surface area contributed by atoms with E-state index in [9.17, 15) is 0 Å². The predicted octanol–water partition coefficient (Wildman–Crippen LogP) is 2.04. The Morgan fingerprint density at radius 3 is 2.57 bits per heavy atom. The van der Waals surface area contributed by atoms with Crippen LogP contribution in [0.15, 0.2) is 4.99 Å². The van der Waals surface area contributed by atoms with E-state index < -0.39 is 0 Å². The second kappa shape index (κ2) is 10.1. The summed E-state index contributed by atoms with van der Waals surface area (Å²) in [6, 6.07) is 0. The zero-order chi connectivity index (χ0) is 16.5. The van der Waals surface area contributed by atoms with Gasteiger partial charge in [-0.3, -0.25) is 4.99 Å². The summed E-state index contributed by atoms with van der Waals surface area (Å²) < 4.78 is 5.71. The summed E-state index contributed by atoms with van der Waals surface area (Å²) in [5, 5.41) is 3.51. The quantitative estimate of drug-likeness (QED) is 0.400. The van der Waals surface area contributed by atoms with Crippen LogP contribution in [0.4, 0.5) is 0 Å². The van der Waals surface area contributed by atoms with Gasteiger partial charge in [0.1, 0.15) is 0 Å². The van der Waals surface area contributed by atoms with E-state index in [0.717, 1.165) is 44.1 Å². The van der Waals surface area contributed by atoms with Gasteiger partial charge in [0.2, 0.25) is 0 Å². The van der Waals surface area contributed by atoms with Crippen molar-refractivity contribution in [3.8, 4) is 0 Å². The van der Waals surface area contributed by atoms with Crippen molar-refractivity contribution in [2.75, 3.05) is 60.0 Å². The summed E-state index contributed by atoms with van der Waals surface area (Å²) in [4.78, 5) is 9.12. The number of hydrogen-bond donors (Lipinski definition) is 1. The van der Waals surface area contributed by atoms with Crippen molar-refractivity contribution in [2.24, 2.45) is 16.8 Å². The van der Waals surface area contributed by atoms with Gasteiger partial charge in [-0.05, 0) is 63.6 Å². The Morgan fingerprint density at radius 2 is 1.96 bits per heavy atom. The average Bonchev–Trinajstić information content (AvgIpc) is 3.40. The van der Waals surface area contributed by atoms with Crippen LogP contribution in [0.5, 0.6) is 0 Å². The predicted molar refractivity (Wildman–Crippen MR) is 97.0 cm³/mol. The largest absolute Gasteiger partial charge is 0.379 e. The third-order valence-corrected chi connectivity index (χ3v) is 5.18. The van der Waals surface area contributed by atoms with E-state index in [4.69, 9.17) is 4.74 Å². The molecule has 0 unspecified atom stereocenters. The Hall–Kier alpha value is -0.810. The number of piperidine rings is 1. The van der Waals surface area contributed by atoms with E-state index >= 15 is 0 Å². The molecule has 0 atom stereocenters. The fourth-order valence-corrected chi connectivity index (χ4v) is 3.21. The van der Waals surface area contributed by atoms with Gasteiger partial charge in [0.25, 0.3) is 0 Å².